The fourth-order valence-corrected chi connectivity index (χ4v) is 3.29. The molecular formula is C15H28N2O2. The molecule has 2 heterocycles. The van der Waals surface area contributed by atoms with Gasteiger partial charge in [-0.2, -0.15) is 0 Å². The molecule has 0 bridgehead atoms. The first-order valence-electron chi connectivity index (χ1n) is 7.88. The van der Waals surface area contributed by atoms with Gasteiger partial charge in [-0.05, 0) is 45.1 Å². The molecule has 2 rings (SSSR count). The van der Waals surface area contributed by atoms with Crippen molar-refractivity contribution in [3.8, 4) is 0 Å². The van der Waals surface area contributed by atoms with Crippen LogP contribution in [-0.2, 0) is 9.53 Å². The molecule has 0 saturated carbocycles. The van der Waals surface area contributed by atoms with Crippen molar-refractivity contribution in [2.75, 3.05) is 26.2 Å². The van der Waals surface area contributed by atoms with Crippen LogP contribution in [0, 0.1) is 0 Å². The number of carbonyl (C=O) groups excluding carboxylic acids is 1. The molecule has 0 spiro atoms. The van der Waals surface area contributed by atoms with E-state index in [9.17, 15) is 4.79 Å². The molecule has 2 unspecified atom stereocenters. The Balaban J connectivity index is 1.94. The first kappa shape index (κ1) is 14.8. The highest BCUT2D eigenvalue weighted by Gasteiger charge is 2.42. The van der Waals surface area contributed by atoms with Crippen molar-refractivity contribution in [1.82, 2.24) is 10.2 Å². The molecule has 4 nitrogen and oxygen atoms in total. The van der Waals surface area contributed by atoms with Crippen molar-refractivity contribution in [2.24, 2.45) is 0 Å². The number of nitrogens with one attached hydrogen (secondary N) is 1. The summed E-state index contributed by atoms with van der Waals surface area (Å²) in [5, 5.41) is 3.44. The summed E-state index contributed by atoms with van der Waals surface area (Å²) in [5.74, 6) is 0.303. The van der Waals surface area contributed by atoms with Crippen LogP contribution < -0.4 is 5.32 Å². The van der Waals surface area contributed by atoms with E-state index in [1.165, 1.54) is 0 Å². The van der Waals surface area contributed by atoms with Crippen molar-refractivity contribution in [1.29, 1.82) is 0 Å². The number of hydrogen-bond donors (Lipinski definition) is 1. The quantitative estimate of drug-likeness (QED) is 0.828. The number of nitrogens with zero attached hydrogens (tertiary/aromatic N) is 1. The number of hydrogen-bond acceptors (Lipinski definition) is 3. The molecule has 110 valence electrons. The van der Waals surface area contributed by atoms with E-state index in [4.69, 9.17) is 4.74 Å². The second-order valence-electron chi connectivity index (χ2n) is 5.85. The summed E-state index contributed by atoms with van der Waals surface area (Å²) in [4.78, 5) is 14.8. The maximum Gasteiger partial charge on any atom is 0.242 e. The molecule has 2 aliphatic rings. The first-order chi connectivity index (χ1) is 9.22. The van der Waals surface area contributed by atoms with Crippen LogP contribution in [0.5, 0.6) is 0 Å². The standard InChI is InChI=1S/C15H28N2O2/c1-3-11-19-13-7-5-10-17(12-13)14(18)15(4-2)8-6-9-16-15/h13,16H,3-12H2,1-2H3. The lowest BCUT2D eigenvalue weighted by atomic mass is 9.91. The van der Waals surface area contributed by atoms with Crippen LogP contribution >= 0.6 is 0 Å². The second kappa shape index (κ2) is 6.71. The van der Waals surface area contributed by atoms with Crippen LogP contribution in [0.1, 0.15) is 52.4 Å². The fraction of sp³-hybridized carbons (Fsp3) is 0.933. The van der Waals surface area contributed by atoms with Crippen molar-refractivity contribution in [2.45, 2.75) is 64.0 Å². The van der Waals surface area contributed by atoms with E-state index in [0.717, 1.165) is 64.8 Å². The largest absolute Gasteiger partial charge is 0.376 e. The molecule has 0 radical (unpaired) electrons. The Morgan fingerprint density at radius 1 is 1.42 bits per heavy atom. The first-order valence-corrected chi connectivity index (χ1v) is 7.88. The molecule has 1 amide bonds. The lowest BCUT2D eigenvalue weighted by Gasteiger charge is -2.38. The Morgan fingerprint density at radius 3 is 2.89 bits per heavy atom. The van der Waals surface area contributed by atoms with E-state index in [1.54, 1.807) is 0 Å². The monoisotopic (exact) mass is 268 g/mol. The Bertz CT molecular complexity index is 301. The molecule has 2 atom stereocenters. The van der Waals surface area contributed by atoms with Crippen molar-refractivity contribution < 1.29 is 9.53 Å². The minimum Gasteiger partial charge on any atom is -0.376 e. The number of amides is 1. The van der Waals surface area contributed by atoms with Gasteiger partial charge in [0.15, 0.2) is 0 Å². The van der Waals surface area contributed by atoms with E-state index in [1.807, 2.05) is 4.90 Å². The third-order valence-corrected chi connectivity index (χ3v) is 4.48. The number of rotatable bonds is 5. The fourth-order valence-electron chi connectivity index (χ4n) is 3.29. The molecule has 2 saturated heterocycles. The highest BCUT2D eigenvalue weighted by atomic mass is 16.5. The van der Waals surface area contributed by atoms with Gasteiger partial charge in [-0.25, -0.2) is 0 Å². The molecule has 0 aromatic rings. The second-order valence-corrected chi connectivity index (χ2v) is 5.85. The van der Waals surface area contributed by atoms with E-state index in [2.05, 4.69) is 19.2 Å². The number of likely N-dealkylation sites (tertiary alicyclic amines) is 1. The third-order valence-electron chi connectivity index (χ3n) is 4.48. The predicted octanol–water partition coefficient (Wildman–Crippen LogP) is 1.94. The van der Waals surface area contributed by atoms with Crippen LogP contribution in [0.4, 0.5) is 0 Å². The zero-order chi connectivity index (χ0) is 13.7. The Hall–Kier alpha value is -0.610. The minimum absolute atomic E-state index is 0.243. The summed E-state index contributed by atoms with van der Waals surface area (Å²) in [5.41, 5.74) is -0.285. The highest BCUT2D eigenvalue weighted by molar-refractivity contribution is 5.86. The Kier molecular flexibility index (Phi) is 5.22. The van der Waals surface area contributed by atoms with Gasteiger partial charge in [0.2, 0.25) is 5.91 Å². The molecule has 0 aliphatic carbocycles. The van der Waals surface area contributed by atoms with Crippen LogP contribution in [0.25, 0.3) is 0 Å². The number of ether oxygens (including phenoxy) is 1. The molecule has 19 heavy (non-hydrogen) atoms. The molecule has 0 aromatic carbocycles. The van der Waals surface area contributed by atoms with Gasteiger partial charge in [0.25, 0.3) is 0 Å². The van der Waals surface area contributed by atoms with E-state index < -0.39 is 0 Å². The summed E-state index contributed by atoms with van der Waals surface area (Å²) in [6, 6.07) is 0. The summed E-state index contributed by atoms with van der Waals surface area (Å²) in [6.07, 6.45) is 6.44. The maximum atomic E-state index is 12.8. The highest BCUT2D eigenvalue weighted by Crippen LogP contribution is 2.27. The van der Waals surface area contributed by atoms with Gasteiger partial charge in [-0.3, -0.25) is 4.79 Å². The number of carbonyl (C=O) groups is 1. The topological polar surface area (TPSA) is 41.6 Å². The summed E-state index contributed by atoms with van der Waals surface area (Å²) >= 11 is 0. The maximum absolute atomic E-state index is 12.8. The summed E-state index contributed by atoms with van der Waals surface area (Å²) in [7, 11) is 0. The lowest BCUT2D eigenvalue weighted by molar-refractivity contribution is -0.142. The van der Waals surface area contributed by atoms with E-state index in [-0.39, 0.29) is 11.6 Å². The minimum atomic E-state index is -0.285. The molecule has 4 heteroatoms. The summed E-state index contributed by atoms with van der Waals surface area (Å²) < 4.78 is 5.83. The zero-order valence-corrected chi connectivity index (χ0v) is 12.4. The van der Waals surface area contributed by atoms with Gasteiger partial charge < -0.3 is 15.0 Å². The normalized spacial score (nSPS) is 31.7. The van der Waals surface area contributed by atoms with Crippen LogP contribution in [-0.4, -0.2) is 48.7 Å². The van der Waals surface area contributed by atoms with Crippen LogP contribution in [0.2, 0.25) is 0 Å². The SMILES string of the molecule is CCCOC1CCCN(C(=O)C2(CC)CCCN2)C1. The number of piperidine rings is 1. The van der Waals surface area contributed by atoms with Gasteiger partial charge in [0, 0.05) is 19.7 Å². The van der Waals surface area contributed by atoms with Gasteiger partial charge in [0.05, 0.1) is 11.6 Å². The molecule has 1 N–H and O–H groups in total. The zero-order valence-electron chi connectivity index (χ0n) is 12.4. The molecule has 2 aliphatic heterocycles. The van der Waals surface area contributed by atoms with E-state index >= 15 is 0 Å². The van der Waals surface area contributed by atoms with Crippen LogP contribution in [0.3, 0.4) is 0 Å². The molecule has 0 aromatic heterocycles. The molecule has 2 fully saturated rings. The van der Waals surface area contributed by atoms with Crippen molar-refractivity contribution in [3.63, 3.8) is 0 Å². The predicted molar refractivity (Wildman–Crippen MR) is 76.1 cm³/mol. The average Bonchev–Trinajstić information content (AvgIpc) is 2.94. The smallest absolute Gasteiger partial charge is 0.242 e. The van der Waals surface area contributed by atoms with Gasteiger partial charge in [-0.15, -0.1) is 0 Å². The van der Waals surface area contributed by atoms with Crippen molar-refractivity contribution >= 4 is 5.91 Å². The Morgan fingerprint density at radius 2 is 2.26 bits per heavy atom. The van der Waals surface area contributed by atoms with Gasteiger partial charge in [0.1, 0.15) is 0 Å². The van der Waals surface area contributed by atoms with Crippen molar-refractivity contribution in [3.05, 3.63) is 0 Å². The third kappa shape index (κ3) is 3.29. The van der Waals surface area contributed by atoms with E-state index in [0.29, 0.717) is 5.91 Å². The van der Waals surface area contributed by atoms with Gasteiger partial charge >= 0.3 is 0 Å². The summed E-state index contributed by atoms with van der Waals surface area (Å²) in [6.45, 7) is 7.70. The molecular weight excluding hydrogens is 240 g/mol. The average molecular weight is 268 g/mol. The lowest BCUT2D eigenvalue weighted by Crippen LogP contribution is -2.57. The van der Waals surface area contributed by atoms with Gasteiger partial charge in [-0.1, -0.05) is 13.8 Å². The van der Waals surface area contributed by atoms with Crippen LogP contribution in [0.15, 0.2) is 0 Å². The Labute approximate surface area is 116 Å².